The zero-order valence-corrected chi connectivity index (χ0v) is 29.3. The van der Waals surface area contributed by atoms with Gasteiger partial charge in [-0.05, 0) is 110 Å². The maximum Gasteiger partial charge on any atom is 0.189 e. The first-order chi connectivity index (χ1) is 21.7. The predicted molar refractivity (Wildman–Crippen MR) is 188 cm³/mol. The van der Waals surface area contributed by atoms with Crippen LogP contribution in [0.5, 0.6) is 0 Å². The Kier molecular flexibility index (Phi) is 10.1. The number of nitrogens with two attached hydrogens (primary N) is 1. The van der Waals surface area contributed by atoms with Crippen LogP contribution in [0, 0.1) is 40.4 Å². The molecule has 0 unspecified atom stereocenters. The van der Waals surface area contributed by atoms with Crippen molar-refractivity contribution in [3.8, 4) is 0 Å². The Morgan fingerprint density at radius 2 is 2.00 bits per heavy atom. The number of allylic oxidation sites excluding steroid dienone is 2. The fraction of sp³-hybridized carbons (Fsp3) is 0.730. The normalized spacial score (nSPS) is 36.8. The monoisotopic (exact) mass is 653 g/mol. The highest BCUT2D eigenvalue weighted by Crippen LogP contribution is 2.75. The third-order valence-corrected chi connectivity index (χ3v) is 15.2. The molecule has 5 bridgehead atoms. The van der Waals surface area contributed by atoms with Gasteiger partial charge in [-0.25, -0.2) is 0 Å². The van der Waals surface area contributed by atoms with Crippen molar-refractivity contribution in [2.75, 3.05) is 31.3 Å². The summed E-state index contributed by atoms with van der Waals surface area (Å²) in [6.45, 7) is 8.11. The number of benzene rings is 1. The van der Waals surface area contributed by atoms with E-state index < -0.39 is 0 Å². The molecule has 6 rings (SSSR count). The minimum atomic E-state index is -0.180. The fourth-order valence-corrected chi connectivity index (χ4v) is 13.4. The highest BCUT2D eigenvalue weighted by atomic mass is 33.1. The molecule has 5 aliphatic rings. The number of aliphatic hydroxyl groups excluding tert-OH is 2. The number of guanidine groups is 1. The van der Waals surface area contributed by atoms with E-state index in [1.807, 2.05) is 21.6 Å². The molecule has 8 heteroatoms. The summed E-state index contributed by atoms with van der Waals surface area (Å²) < 4.78 is 0. The van der Waals surface area contributed by atoms with E-state index in [9.17, 15) is 15.0 Å². The van der Waals surface area contributed by atoms with Gasteiger partial charge in [0.05, 0.1) is 5.54 Å². The predicted octanol–water partition coefficient (Wildman–Crippen LogP) is 6.34. The molecule has 0 aromatic heterocycles. The Morgan fingerprint density at radius 1 is 1.18 bits per heavy atom. The van der Waals surface area contributed by atoms with Crippen molar-refractivity contribution in [2.45, 2.75) is 96.9 Å². The average Bonchev–Trinajstić information content (AvgIpc) is 3.33. The van der Waals surface area contributed by atoms with Crippen molar-refractivity contribution in [1.29, 1.82) is 0 Å². The largest absolute Gasteiger partial charge is 0.396 e. The number of carbonyl (C=O) groups is 1. The third-order valence-electron chi connectivity index (χ3n) is 12.7. The van der Waals surface area contributed by atoms with E-state index in [1.165, 1.54) is 16.7 Å². The summed E-state index contributed by atoms with van der Waals surface area (Å²) in [7, 11) is 3.98. The highest BCUT2D eigenvalue weighted by Gasteiger charge is 2.69. The molecule has 2 heterocycles. The van der Waals surface area contributed by atoms with Crippen molar-refractivity contribution in [3.05, 3.63) is 46.5 Å². The van der Waals surface area contributed by atoms with Crippen molar-refractivity contribution >= 4 is 33.3 Å². The summed E-state index contributed by atoms with van der Waals surface area (Å²) >= 11 is 0. The maximum atomic E-state index is 14.1. The van der Waals surface area contributed by atoms with Gasteiger partial charge in [0.25, 0.3) is 0 Å². The quantitative estimate of drug-likeness (QED) is 0.243. The number of carbonyl (C=O) groups excluding carboxylic acids is 1. The van der Waals surface area contributed by atoms with Gasteiger partial charge in [-0.2, -0.15) is 0 Å². The van der Waals surface area contributed by atoms with E-state index in [0.717, 1.165) is 87.8 Å². The number of nitrogens with zero attached hydrogens (tertiary/aromatic N) is 1. The van der Waals surface area contributed by atoms with Gasteiger partial charge in [-0.3, -0.25) is 9.79 Å². The van der Waals surface area contributed by atoms with Gasteiger partial charge in [0, 0.05) is 49.0 Å². The minimum Gasteiger partial charge on any atom is -0.396 e. The van der Waals surface area contributed by atoms with Crippen LogP contribution in [0.1, 0.15) is 89.7 Å². The van der Waals surface area contributed by atoms with Crippen LogP contribution < -0.4 is 11.1 Å². The molecule has 45 heavy (non-hydrogen) atoms. The standard InChI is InChI=1S/C37H55N3O3S2/c1-24(2)15-25-7-4-8-26(16-25)17-29-21-39-34(38)40-36(29)11-5-9-30-32-19-28-18-27(22-42)31(10-6-13-41)37(32,20-33(30)43)35(28,3)12-14-44-45-23-36/h4,7-8,16,24,27-29,31,41-42H,5-6,9-15,17-23H2,1-3H3,(H3,38,39,40)/t27-,28-,29+,31-,35+,36-,37+/m1/s1. The Morgan fingerprint density at radius 3 is 2.78 bits per heavy atom. The Labute approximate surface area is 278 Å². The second-order valence-electron chi connectivity index (χ2n) is 15.5. The van der Waals surface area contributed by atoms with Crippen LogP contribution in [0.25, 0.3) is 0 Å². The van der Waals surface area contributed by atoms with Gasteiger partial charge in [-0.15, -0.1) is 0 Å². The number of hydrogen-bond donors (Lipinski definition) is 4. The zero-order chi connectivity index (χ0) is 31.8. The first kappa shape index (κ1) is 33.4. The lowest BCUT2D eigenvalue weighted by atomic mass is 9.47. The first-order valence-corrected chi connectivity index (χ1v) is 20.0. The van der Waals surface area contributed by atoms with Crippen LogP contribution in [0.3, 0.4) is 0 Å². The second-order valence-corrected chi connectivity index (χ2v) is 18.1. The Hall–Kier alpha value is -1.48. The lowest BCUT2D eigenvalue weighted by Crippen LogP contribution is -2.61. The summed E-state index contributed by atoms with van der Waals surface area (Å²) in [6, 6.07) is 9.12. The number of ketones is 1. The number of hydrogen-bond acceptors (Lipinski definition) is 8. The van der Waals surface area contributed by atoms with E-state index in [-0.39, 0.29) is 41.4 Å². The van der Waals surface area contributed by atoms with E-state index >= 15 is 0 Å². The van der Waals surface area contributed by atoms with Gasteiger partial charge in [-0.1, -0.05) is 72.2 Å². The lowest BCUT2D eigenvalue weighted by molar-refractivity contribution is -0.125. The van der Waals surface area contributed by atoms with Crippen molar-refractivity contribution in [2.24, 2.45) is 51.1 Å². The Balaban J connectivity index is 1.31. The zero-order valence-electron chi connectivity index (χ0n) is 27.7. The van der Waals surface area contributed by atoms with E-state index in [4.69, 9.17) is 10.7 Å². The van der Waals surface area contributed by atoms with Gasteiger partial charge < -0.3 is 21.3 Å². The number of rotatable bonds is 8. The molecule has 2 fully saturated rings. The second kappa shape index (κ2) is 13.6. The topological polar surface area (TPSA) is 108 Å². The summed E-state index contributed by atoms with van der Waals surface area (Å²) in [5.74, 6) is 4.85. The van der Waals surface area contributed by atoms with Crippen LogP contribution >= 0.6 is 21.6 Å². The van der Waals surface area contributed by atoms with Crippen molar-refractivity contribution < 1.29 is 15.0 Å². The number of Topliss-reactive ketones (excluding diaryl/α,β-unsaturated/α-hetero) is 1. The van der Waals surface area contributed by atoms with Crippen LogP contribution in [0.15, 0.2) is 40.4 Å². The van der Waals surface area contributed by atoms with Crippen LogP contribution in [-0.4, -0.2) is 58.8 Å². The molecule has 0 radical (unpaired) electrons. The molecule has 248 valence electrons. The van der Waals surface area contributed by atoms with Crippen LogP contribution in [0.2, 0.25) is 0 Å². The molecule has 3 aliphatic carbocycles. The highest BCUT2D eigenvalue weighted by molar-refractivity contribution is 8.76. The molecule has 5 N–H and O–H groups in total. The summed E-state index contributed by atoms with van der Waals surface area (Å²) in [4.78, 5) is 18.8. The summed E-state index contributed by atoms with van der Waals surface area (Å²) in [5, 5.41) is 24.1. The Bertz CT molecular complexity index is 1320. The van der Waals surface area contributed by atoms with Gasteiger partial charge in [0.2, 0.25) is 0 Å². The molecule has 0 saturated heterocycles. The SMILES string of the molecule is CC(C)Cc1cccc(C[C@H]2CN=C(N)N[C@@]23CCCC2=C4C[C@H]5C[C@H](CO)[C@@H](CCCO)[C@]4(CC2=O)[C@@]5(C)CCSSC3)c1. The molecule has 7 atom stereocenters. The lowest BCUT2D eigenvalue weighted by Gasteiger charge is -2.57. The molecule has 0 amide bonds. The van der Waals surface area contributed by atoms with Crippen LogP contribution in [0.4, 0.5) is 0 Å². The van der Waals surface area contributed by atoms with Gasteiger partial charge >= 0.3 is 0 Å². The van der Waals surface area contributed by atoms with E-state index in [2.05, 4.69) is 50.4 Å². The number of aliphatic hydroxyl groups is 2. The molecular formula is C37H55N3O3S2. The summed E-state index contributed by atoms with van der Waals surface area (Å²) in [6.07, 6.45) is 10.2. The maximum absolute atomic E-state index is 14.1. The molecule has 2 saturated carbocycles. The smallest absolute Gasteiger partial charge is 0.189 e. The molecule has 6 nitrogen and oxygen atoms in total. The van der Waals surface area contributed by atoms with Crippen molar-refractivity contribution in [1.82, 2.24) is 5.32 Å². The van der Waals surface area contributed by atoms with E-state index in [1.54, 1.807) is 0 Å². The summed E-state index contributed by atoms with van der Waals surface area (Å²) in [5.41, 5.74) is 11.5. The average molecular weight is 654 g/mol. The van der Waals surface area contributed by atoms with Crippen molar-refractivity contribution in [3.63, 3.8) is 0 Å². The van der Waals surface area contributed by atoms with Gasteiger partial charge in [0.1, 0.15) is 0 Å². The molecule has 2 aliphatic heterocycles. The molecular weight excluding hydrogens is 599 g/mol. The van der Waals surface area contributed by atoms with E-state index in [0.29, 0.717) is 35.9 Å². The molecule has 1 aromatic rings. The number of nitrogens with one attached hydrogen (secondary N) is 1. The molecule has 1 aromatic carbocycles. The van der Waals surface area contributed by atoms with Gasteiger partial charge in [0.15, 0.2) is 11.7 Å². The third kappa shape index (κ3) is 6.04. The number of aliphatic imine (C=N–C) groups is 1. The first-order valence-electron chi connectivity index (χ1n) is 17.5. The van der Waals surface area contributed by atoms with Crippen LogP contribution in [-0.2, 0) is 17.6 Å². The minimum absolute atomic E-state index is 0.0501. The molecule has 2 spiro atoms. The fourth-order valence-electron chi connectivity index (χ4n) is 10.6.